The third kappa shape index (κ3) is 3.72. The van der Waals surface area contributed by atoms with Crippen LogP contribution in [-0.2, 0) is 0 Å². The largest absolute Gasteiger partial charge is 0.478 e. The lowest BCUT2D eigenvalue weighted by atomic mass is 10.3. The number of ether oxygens (including phenoxy) is 1. The minimum absolute atomic E-state index is 0.165. The second-order valence-corrected chi connectivity index (χ2v) is 4.78. The molecule has 0 radical (unpaired) electrons. The zero-order chi connectivity index (χ0) is 15.2. The van der Waals surface area contributed by atoms with E-state index in [1.165, 1.54) is 6.20 Å². The number of nitrogens with zero attached hydrogens (tertiary/aromatic N) is 2. The van der Waals surface area contributed by atoms with Crippen molar-refractivity contribution in [3.05, 3.63) is 23.9 Å². The van der Waals surface area contributed by atoms with E-state index in [1.807, 2.05) is 0 Å². The highest BCUT2D eigenvalue weighted by atomic mass is 16.5. The summed E-state index contributed by atoms with van der Waals surface area (Å²) >= 11 is 0. The zero-order valence-electron chi connectivity index (χ0n) is 12.4. The van der Waals surface area contributed by atoms with Crippen LogP contribution in [0.25, 0.3) is 11.0 Å². The van der Waals surface area contributed by atoms with Gasteiger partial charge in [0.05, 0.1) is 12.1 Å². The molecule has 2 heterocycles. The fraction of sp³-hybridized carbons (Fsp3) is 0.467. The first-order chi connectivity index (χ1) is 10.2. The number of fused-ring (bicyclic) bond motifs is 1. The Morgan fingerprint density at radius 3 is 2.81 bits per heavy atom. The van der Waals surface area contributed by atoms with Crippen LogP contribution >= 0.6 is 0 Å². The molecule has 2 aromatic heterocycles. The molecule has 6 nitrogen and oxygen atoms in total. The Labute approximate surface area is 123 Å². The summed E-state index contributed by atoms with van der Waals surface area (Å²) < 4.78 is 5.61. The first kappa shape index (κ1) is 15.3. The van der Waals surface area contributed by atoms with E-state index in [4.69, 9.17) is 9.84 Å². The molecule has 0 aliphatic heterocycles. The van der Waals surface area contributed by atoms with Gasteiger partial charge in [0.2, 0.25) is 5.88 Å². The Balaban J connectivity index is 1.96. The maximum Gasteiger partial charge on any atom is 0.339 e. The molecule has 114 valence electrons. The highest BCUT2D eigenvalue weighted by Gasteiger charge is 2.12. The average Bonchev–Trinajstić information content (AvgIpc) is 2.90. The molecular weight excluding hydrogens is 270 g/mol. The predicted octanol–water partition coefficient (Wildman–Crippen LogP) is 2.37. The first-order valence-electron chi connectivity index (χ1n) is 7.22. The summed E-state index contributed by atoms with van der Waals surface area (Å²) in [7, 11) is 0. The van der Waals surface area contributed by atoms with Crippen LogP contribution in [-0.4, -0.2) is 52.2 Å². The normalized spacial score (nSPS) is 11.2. The number of hydrogen-bond acceptors (Lipinski definition) is 4. The van der Waals surface area contributed by atoms with Crippen molar-refractivity contribution in [3.8, 4) is 5.88 Å². The number of pyridine rings is 1. The van der Waals surface area contributed by atoms with Crippen LogP contribution in [0, 0.1) is 0 Å². The highest BCUT2D eigenvalue weighted by molar-refractivity contribution is 6.01. The van der Waals surface area contributed by atoms with E-state index in [0.717, 1.165) is 26.1 Å². The molecule has 0 aliphatic rings. The van der Waals surface area contributed by atoms with Crippen LogP contribution < -0.4 is 4.74 Å². The van der Waals surface area contributed by atoms with E-state index < -0.39 is 5.97 Å². The molecule has 0 bridgehead atoms. The van der Waals surface area contributed by atoms with Crippen molar-refractivity contribution in [2.24, 2.45) is 0 Å². The van der Waals surface area contributed by atoms with Gasteiger partial charge < -0.3 is 19.7 Å². The Morgan fingerprint density at radius 1 is 1.38 bits per heavy atom. The third-order valence-corrected chi connectivity index (χ3v) is 3.49. The van der Waals surface area contributed by atoms with Crippen molar-refractivity contribution in [1.29, 1.82) is 0 Å². The SMILES string of the molecule is CCN(CC)CCCOc1ccc2[nH]cc(C(=O)O)c2n1. The van der Waals surface area contributed by atoms with Crippen molar-refractivity contribution >= 4 is 17.0 Å². The highest BCUT2D eigenvalue weighted by Crippen LogP contribution is 2.19. The summed E-state index contributed by atoms with van der Waals surface area (Å²) in [5.41, 5.74) is 1.30. The molecule has 6 heteroatoms. The smallest absolute Gasteiger partial charge is 0.339 e. The lowest BCUT2D eigenvalue weighted by Crippen LogP contribution is -2.25. The predicted molar refractivity (Wildman–Crippen MR) is 81.0 cm³/mol. The van der Waals surface area contributed by atoms with E-state index >= 15 is 0 Å². The lowest BCUT2D eigenvalue weighted by Gasteiger charge is -2.17. The molecule has 2 N–H and O–H groups in total. The maximum atomic E-state index is 11.1. The van der Waals surface area contributed by atoms with Crippen LogP contribution in [0.1, 0.15) is 30.6 Å². The van der Waals surface area contributed by atoms with Crippen LogP contribution in [0.4, 0.5) is 0 Å². The van der Waals surface area contributed by atoms with Crippen molar-refractivity contribution in [3.63, 3.8) is 0 Å². The topological polar surface area (TPSA) is 78.5 Å². The van der Waals surface area contributed by atoms with Crippen molar-refractivity contribution in [2.75, 3.05) is 26.2 Å². The first-order valence-corrected chi connectivity index (χ1v) is 7.22. The van der Waals surface area contributed by atoms with Crippen LogP contribution in [0.2, 0.25) is 0 Å². The second-order valence-electron chi connectivity index (χ2n) is 4.78. The number of H-pyrrole nitrogens is 1. The van der Waals surface area contributed by atoms with Gasteiger partial charge in [-0.1, -0.05) is 13.8 Å². The maximum absolute atomic E-state index is 11.1. The van der Waals surface area contributed by atoms with Gasteiger partial charge in [-0.2, -0.15) is 0 Å². The number of rotatable bonds is 8. The van der Waals surface area contributed by atoms with Gasteiger partial charge >= 0.3 is 5.97 Å². The minimum atomic E-state index is -0.993. The third-order valence-electron chi connectivity index (χ3n) is 3.49. The molecule has 0 aliphatic carbocycles. The number of hydrogen-bond donors (Lipinski definition) is 2. The summed E-state index contributed by atoms with van der Waals surface area (Å²) in [4.78, 5) is 20.6. The molecule has 0 spiro atoms. The Bertz CT molecular complexity index is 605. The number of nitrogens with one attached hydrogen (secondary N) is 1. The molecule has 0 saturated carbocycles. The number of aromatic nitrogens is 2. The van der Waals surface area contributed by atoms with E-state index in [1.54, 1.807) is 12.1 Å². The van der Waals surface area contributed by atoms with Crippen LogP contribution in [0.5, 0.6) is 5.88 Å². The quantitative estimate of drug-likeness (QED) is 0.730. The van der Waals surface area contributed by atoms with Gasteiger partial charge in [-0.3, -0.25) is 0 Å². The molecule has 2 aromatic rings. The summed E-state index contributed by atoms with van der Waals surface area (Å²) in [6, 6.07) is 3.54. The molecule has 2 rings (SSSR count). The van der Waals surface area contributed by atoms with Crippen molar-refractivity contribution in [1.82, 2.24) is 14.9 Å². The Kier molecular flexibility index (Phi) is 5.16. The van der Waals surface area contributed by atoms with Gasteiger partial charge in [0, 0.05) is 18.8 Å². The van der Waals surface area contributed by atoms with Gasteiger partial charge in [0.25, 0.3) is 0 Å². The molecule has 0 unspecified atom stereocenters. The minimum Gasteiger partial charge on any atom is -0.478 e. The van der Waals surface area contributed by atoms with Gasteiger partial charge in [0.1, 0.15) is 11.1 Å². The molecule has 0 aromatic carbocycles. The average molecular weight is 291 g/mol. The molecular formula is C15H21N3O3. The summed E-state index contributed by atoms with van der Waals surface area (Å²) in [6.45, 7) is 7.90. The van der Waals surface area contributed by atoms with E-state index in [-0.39, 0.29) is 5.56 Å². The fourth-order valence-corrected chi connectivity index (χ4v) is 2.23. The summed E-state index contributed by atoms with van der Waals surface area (Å²) in [5.74, 6) is -0.531. The van der Waals surface area contributed by atoms with Crippen molar-refractivity contribution < 1.29 is 14.6 Å². The van der Waals surface area contributed by atoms with E-state index in [9.17, 15) is 4.79 Å². The van der Waals surface area contributed by atoms with E-state index in [2.05, 4.69) is 28.7 Å². The number of carboxylic acids is 1. The van der Waals surface area contributed by atoms with Gasteiger partial charge in [-0.05, 0) is 25.6 Å². The lowest BCUT2D eigenvalue weighted by molar-refractivity contribution is 0.0699. The molecule has 0 amide bonds. The van der Waals surface area contributed by atoms with Gasteiger partial charge in [-0.15, -0.1) is 0 Å². The summed E-state index contributed by atoms with van der Waals surface area (Å²) in [5, 5.41) is 9.09. The summed E-state index contributed by atoms with van der Waals surface area (Å²) in [6.07, 6.45) is 2.37. The zero-order valence-corrected chi connectivity index (χ0v) is 12.4. The molecule has 0 saturated heterocycles. The number of aromatic carboxylic acids is 1. The number of carbonyl (C=O) groups is 1. The second kappa shape index (κ2) is 7.08. The number of aromatic amines is 1. The van der Waals surface area contributed by atoms with Gasteiger partial charge in [-0.25, -0.2) is 9.78 Å². The molecule has 21 heavy (non-hydrogen) atoms. The van der Waals surface area contributed by atoms with E-state index in [0.29, 0.717) is 23.5 Å². The molecule has 0 fully saturated rings. The van der Waals surface area contributed by atoms with Gasteiger partial charge in [0.15, 0.2) is 0 Å². The number of carboxylic acid groups (broad SMARTS) is 1. The van der Waals surface area contributed by atoms with Crippen molar-refractivity contribution in [2.45, 2.75) is 20.3 Å². The van der Waals surface area contributed by atoms with Crippen LogP contribution in [0.3, 0.4) is 0 Å². The Hall–Kier alpha value is -2.08. The Morgan fingerprint density at radius 2 is 2.14 bits per heavy atom. The fourth-order valence-electron chi connectivity index (χ4n) is 2.23. The standard InChI is InChI=1S/C15H21N3O3/c1-3-18(4-2)8-5-9-21-13-7-6-12-14(17-13)11(10-16-12)15(19)20/h6-7,10,16H,3-5,8-9H2,1-2H3,(H,19,20). The van der Waals surface area contributed by atoms with Crippen LogP contribution in [0.15, 0.2) is 18.3 Å². The monoisotopic (exact) mass is 291 g/mol. The molecule has 0 atom stereocenters.